The van der Waals surface area contributed by atoms with Crippen molar-refractivity contribution in [1.82, 2.24) is 24.1 Å². The zero-order valence-corrected chi connectivity index (χ0v) is 10.6. The second-order valence-electron chi connectivity index (χ2n) is 4.86. The van der Waals surface area contributed by atoms with Crippen LogP contribution in [0.2, 0.25) is 0 Å². The first-order valence-corrected chi connectivity index (χ1v) is 6.45. The van der Waals surface area contributed by atoms with Gasteiger partial charge in [-0.05, 0) is 25.0 Å². The number of imidazole rings is 1. The summed E-state index contributed by atoms with van der Waals surface area (Å²) < 4.78 is 3.72. The van der Waals surface area contributed by atoms with Crippen molar-refractivity contribution in [2.75, 3.05) is 5.32 Å². The number of hydrogen-bond donors (Lipinski definition) is 1. The summed E-state index contributed by atoms with van der Waals surface area (Å²) in [4.78, 5) is 16.4. The standard InChI is InChI=1S/C13H12N6O/c20-12(9-1-4-11-14-5-6-18(11)7-9)16-13-17-15-8-19(13)10-2-3-10/h1,4-8,10H,2-3H2,(H,16,17,20). The lowest BCUT2D eigenvalue weighted by molar-refractivity contribution is 0.102. The van der Waals surface area contributed by atoms with Crippen molar-refractivity contribution < 1.29 is 4.79 Å². The number of hydrogen-bond acceptors (Lipinski definition) is 4. The Balaban J connectivity index is 1.61. The molecule has 7 nitrogen and oxygen atoms in total. The van der Waals surface area contributed by atoms with Gasteiger partial charge in [-0.25, -0.2) is 4.98 Å². The van der Waals surface area contributed by atoms with Crippen LogP contribution in [-0.2, 0) is 0 Å². The van der Waals surface area contributed by atoms with E-state index in [1.54, 1.807) is 41.5 Å². The van der Waals surface area contributed by atoms with Gasteiger partial charge >= 0.3 is 0 Å². The van der Waals surface area contributed by atoms with Crippen LogP contribution in [0.4, 0.5) is 5.95 Å². The van der Waals surface area contributed by atoms with E-state index in [1.165, 1.54) is 0 Å². The molecule has 0 aromatic carbocycles. The van der Waals surface area contributed by atoms with Crippen molar-refractivity contribution in [2.24, 2.45) is 0 Å². The van der Waals surface area contributed by atoms with Gasteiger partial charge in [-0.3, -0.25) is 14.7 Å². The van der Waals surface area contributed by atoms with E-state index in [1.807, 2.05) is 4.57 Å². The van der Waals surface area contributed by atoms with Crippen LogP contribution >= 0.6 is 0 Å². The molecule has 1 aliphatic carbocycles. The largest absolute Gasteiger partial charge is 0.306 e. The SMILES string of the molecule is O=C(Nc1nncn1C1CC1)c1ccc2nccn2c1. The predicted molar refractivity (Wildman–Crippen MR) is 71.4 cm³/mol. The fraction of sp³-hybridized carbons (Fsp3) is 0.231. The van der Waals surface area contributed by atoms with Crippen LogP contribution in [0.1, 0.15) is 29.2 Å². The summed E-state index contributed by atoms with van der Waals surface area (Å²) in [6.45, 7) is 0. The van der Waals surface area contributed by atoms with Crippen molar-refractivity contribution in [2.45, 2.75) is 18.9 Å². The molecule has 0 unspecified atom stereocenters. The van der Waals surface area contributed by atoms with Crippen LogP contribution in [0.25, 0.3) is 5.65 Å². The van der Waals surface area contributed by atoms with Crippen molar-refractivity contribution in [3.8, 4) is 0 Å². The number of pyridine rings is 1. The summed E-state index contributed by atoms with van der Waals surface area (Å²) in [5.41, 5.74) is 1.36. The van der Waals surface area contributed by atoms with Gasteiger partial charge in [0.1, 0.15) is 12.0 Å². The van der Waals surface area contributed by atoms with E-state index in [4.69, 9.17) is 0 Å². The number of nitrogens with one attached hydrogen (secondary N) is 1. The second-order valence-corrected chi connectivity index (χ2v) is 4.86. The fourth-order valence-corrected chi connectivity index (χ4v) is 2.18. The molecule has 3 aromatic heterocycles. The molecule has 0 saturated heterocycles. The smallest absolute Gasteiger partial charge is 0.259 e. The zero-order valence-electron chi connectivity index (χ0n) is 10.6. The third kappa shape index (κ3) is 1.83. The molecule has 1 amide bonds. The molecule has 20 heavy (non-hydrogen) atoms. The van der Waals surface area contributed by atoms with Crippen LogP contribution in [0.5, 0.6) is 0 Å². The summed E-state index contributed by atoms with van der Waals surface area (Å²) in [7, 11) is 0. The molecule has 7 heteroatoms. The third-order valence-corrected chi connectivity index (χ3v) is 3.39. The summed E-state index contributed by atoms with van der Waals surface area (Å²) in [5.74, 6) is 0.304. The number of carbonyl (C=O) groups is 1. The fourth-order valence-electron chi connectivity index (χ4n) is 2.18. The molecule has 1 N–H and O–H groups in total. The summed E-state index contributed by atoms with van der Waals surface area (Å²) in [5, 5.41) is 10.6. The van der Waals surface area contributed by atoms with Gasteiger partial charge in [0.05, 0.1) is 5.56 Å². The Morgan fingerprint density at radius 1 is 1.35 bits per heavy atom. The molecule has 0 atom stereocenters. The number of aromatic nitrogens is 5. The highest BCUT2D eigenvalue weighted by Crippen LogP contribution is 2.36. The maximum atomic E-state index is 12.2. The van der Waals surface area contributed by atoms with Crippen molar-refractivity contribution >= 4 is 17.5 Å². The topological polar surface area (TPSA) is 77.1 Å². The Hall–Kier alpha value is -2.70. The quantitative estimate of drug-likeness (QED) is 0.781. The van der Waals surface area contributed by atoms with E-state index in [-0.39, 0.29) is 5.91 Å². The van der Waals surface area contributed by atoms with Gasteiger partial charge in [-0.1, -0.05) is 0 Å². The Morgan fingerprint density at radius 2 is 2.25 bits per heavy atom. The lowest BCUT2D eigenvalue weighted by Gasteiger charge is -2.06. The van der Waals surface area contributed by atoms with E-state index in [9.17, 15) is 4.79 Å². The number of nitrogens with zero attached hydrogens (tertiary/aromatic N) is 5. The van der Waals surface area contributed by atoms with Gasteiger partial charge in [0.25, 0.3) is 5.91 Å². The number of carbonyl (C=O) groups excluding carboxylic acids is 1. The third-order valence-electron chi connectivity index (χ3n) is 3.39. The minimum Gasteiger partial charge on any atom is -0.306 e. The molecule has 0 aliphatic heterocycles. The van der Waals surface area contributed by atoms with E-state index in [2.05, 4.69) is 20.5 Å². The average molecular weight is 268 g/mol. The van der Waals surface area contributed by atoms with Crippen LogP contribution in [0, 0.1) is 0 Å². The Kier molecular flexibility index (Phi) is 2.32. The molecule has 100 valence electrons. The Morgan fingerprint density at radius 3 is 3.10 bits per heavy atom. The van der Waals surface area contributed by atoms with Gasteiger partial charge in [0, 0.05) is 24.6 Å². The molecule has 0 spiro atoms. The zero-order chi connectivity index (χ0) is 13.5. The van der Waals surface area contributed by atoms with E-state index in [0.29, 0.717) is 17.6 Å². The Labute approximate surface area is 114 Å². The highest BCUT2D eigenvalue weighted by molar-refractivity contribution is 6.03. The highest BCUT2D eigenvalue weighted by Gasteiger charge is 2.26. The van der Waals surface area contributed by atoms with Crippen molar-refractivity contribution in [3.05, 3.63) is 42.6 Å². The van der Waals surface area contributed by atoms with Gasteiger partial charge < -0.3 is 4.40 Å². The van der Waals surface area contributed by atoms with Crippen LogP contribution in [0.15, 0.2) is 37.1 Å². The minimum atomic E-state index is -0.199. The number of anilines is 1. The monoisotopic (exact) mass is 268 g/mol. The Bertz CT molecular complexity index is 785. The molecule has 1 fully saturated rings. The second kappa shape index (κ2) is 4.16. The summed E-state index contributed by atoms with van der Waals surface area (Å²) >= 11 is 0. The normalized spacial score (nSPS) is 14.6. The molecular formula is C13H12N6O. The molecular weight excluding hydrogens is 256 g/mol. The van der Waals surface area contributed by atoms with Gasteiger partial charge in [0.15, 0.2) is 0 Å². The van der Waals surface area contributed by atoms with Crippen molar-refractivity contribution in [3.63, 3.8) is 0 Å². The lowest BCUT2D eigenvalue weighted by atomic mass is 10.2. The average Bonchev–Trinajstić information content (AvgIpc) is 3.01. The van der Waals surface area contributed by atoms with Crippen LogP contribution in [0.3, 0.4) is 0 Å². The maximum absolute atomic E-state index is 12.2. The van der Waals surface area contributed by atoms with E-state index in [0.717, 1.165) is 18.5 Å². The first-order valence-electron chi connectivity index (χ1n) is 6.45. The highest BCUT2D eigenvalue weighted by atomic mass is 16.1. The lowest BCUT2D eigenvalue weighted by Crippen LogP contribution is -2.16. The first-order chi connectivity index (χ1) is 9.81. The summed E-state index contributed by atoms with van der Waals surface area (Å²) in [6, 6.07) is 3.98. The van der Waals surface area contributed by atoms with Crippen LogP contribution in [-0.4, -0.2) is 30.1 Å². The van der Waals surface area contributed by atoms with Gasteiger partial charge in [-0.15, -0.1) is 10.2 Å². The minimum absolute atomic E-state index is 0.199. The molecule has 4 rings (SSSR count). The van der Waals surface area contributed by atoms with E-state index < -0.39 is 0 Å². The molecule has 0 radical (unpaired) electrons. The van der Waals surface area contributed by atoms with E-state index >= 15 is 0 Å². The maximum Gasteiger partial charge on any atom is 0.259 e. The molecule has 1 aliphatic rings. The first kappa shape index (κ1) is 11.2. The summed E-state index contributed by atoms with van der Waals surface area (Å²) in [6.07, 6.45) is 9.13. The molecule has 1 saturated carbocycles. The van der Waals surface area contributed by atoms with Gasteiger partial charge in [-0.2, -0.15) is 0 Å². The molecule has 3 aromatic rings. The number of rotatable bonds is 3. The predicted octanol–water partition coefficient (Wildman–Crippen LogP) is 1.51. The van der Waals surface area contributed by atoms with Crippen molar-refractivity contribution in [1.29, 1.82) is 0 Å². The number of amides is 1. The molecule has 3 heterocycles. The number of fused-ring (bicyclic) bond motifs is 1. The molecule has 0 bridgehead atoms. The van der Waals surface area contributed by atoms with Gasteiger partial charge in [0.2, 0.25) is 5.95 Å². The van der Waals surface area contributed by atoms with Crippen LogP contribution < -0.4 is 5.32 Å².